The van der Waals surface area contributed by atoms with Crippen LogP contribution in [0.5, 0.6) is 46.0 Å². The minimum Gasteiger partial charge on any atom is -0.497 e. The highest BCUT2D eigenvalue weighted by atomic mass is 31.2. The van der Waals surface area contributed by atoms with Crippen LogP contribution in [0.3, 0.4) is 0 Å². The van der Waals surface area contributed by atoms with Gasteiger partial charge in [-0.05, 0) is 113 Å². The van der Waals surface area contributed by atoms with E-state index in [1.807, 2.05) is 253 Å². The zero-order valence-corrected chi connectivity index (χ0v) is 80.0. The summed E-state index contributed by atoms with van der Waals surface area (Å²) in [6, 6.07) is 46.8. The number of fused-ring (bicyclic) bond motifs is 4. The summed E-state index contributed by atoms with van der Waals surface area (Å²) in [6.07, 6.45) is 25.7. The lowest BCUT2D eigenvalue weighted by Gasteiger charge is -2.31. The van der Waals surface area contributed by atoms with Crippen molar-refractivity contribution in [1.29, 1.82) is 0 Å². The monoisotopic (exact) mass is 1850 g/mol. The molecule has 9 aromatic heterocycles. The number of hydrogen-bond acceptors (Lipinski definition) is 27. The molecule has 17 aromatic rings. The molecule has 17 rings (SSSR count). The number of nitrogens with zero attached hydrogens (tertiary/aromatic N) is 21. The maximum Gasteiger partial charge on any atom is 0.242 e. The predicted molar refractivity (Wildman–Crippen MR) is 529 cm³/mol. The van der Waals surface area contributed by atoms with Gasteiger partial charge in [0.05, 0.1) is 186 Å². The summed E-state index contributed by atoms with van der Waals surface area (Å²) >= 11 is 0. The number of anilines is 8. The molecule has 2 N–H and O–H groups in total. The first-order valence-electron chi connectivity index (χ1n) is 43.3. The SMILES string of the molecule is COc1cc(OC)cc(N(CC#Cc2ccn(C)c2)c2ccc3ncc(-c4cnn(C)c4)nc3c2)c1.COc1cc(OC)cc(N(CCP(C)(=O)O)c2ccc3ncc(-c4cnn(C)c4)nc3c2)c1.COc1cc(OC)cc(N(c2ccc3ncc(-c4cnn(C)c4)nc3c2)C(C)C(=O)NC(C)C)c1.COc1cc(OC)cc(N(c2ccc3ncc(-c4cnn(C)c4)nc3c2)C(C)C(C)=O)c1. The zero-order valence-electron chi connectivity index (χ0n) is 79.1. The lowest BCUT2D eigenvalue weighted by molar-refractivity contribution is -0.122. The molecule has 136 heavy (non-hydrogen) atoms. The van der Waals surface area contributed by atoms with Crippen LogP contribution < -0.4 is 62.8 Å². The van der Waals surface area contributed by atoms with Crippen LogP contribution in [0, 0.1) is 11.8 Å². The van der Waals surface area contributed by atoms with E-state index in [-0.39, 0.29) is 23.9 Å². The van der Waals surface area contributed by atoms with Crippen molar-refractivity contribution in [2.45, 2.75) is 52.7 Å². The predicted octanol–water partition coefficient (Wildman–Crippen LogP) is 16.9. The molecule has 0 bridgehead atoms. The second-order valence-electron chi connectivity index (χ2n) is 32.4. The van der Waals surface area contributed by atoms with Gasteiger partial charge in [-0.1, -0.05) is 11.8 Å². The third-order valence-electron chi connectivity index (χ3n) is 22.0. The summed E-state index contributed by atoms with van der Waals surface area (Å²) in [4.78, 5) is 80.9. The molecule has 0 radical (unpaired) electrons. The Labute approximate surface area is 787 Å². The second kappa shape index (κ2) is 43.0. The van der Waals surface area contributed by atoms with E-state index in [9.17, 15) is 19.0 Å². The van der Waals surface area contributed by atoms with E-state index in [1.165, 1.54) is 6.66 Å². The van der Waals surface area contributed by atoms with Crippen LogP contribution in [-0.4, -0.2) is 201 Å². The largest absolute Gasteiger partial charge is 0.497 e. The first kappa shape index (κ1) is 95.8. The number of benzene rings is 8. The van der Waals surface area contributed by atoms with Gasteiger partial charge < -0.3 is 72.3 Å². The Balaban J connectivity index is 0.000000145. The summed E-state index contributed by atoms with van der Waals surface area (Å²) in [5.41, 5.74) is 20.0. The van der Waals surface area contributed by atoms with Gasteiger partial charge in [-0.3, -0.25) is 52.8 Å². The van der Waals surface area contributed by atoms with E-state index in [0.717, 1.165) is 129 Å². The van der Waals surface area contributed by atoms with E-state index in [2.05, 4.69) is 62.4 Å². The number of rotatable bonds is 29. The van der Waals surface area contributed by atoms with E-state index in [0.29, 0.717) is 70.1 Å². The molecular weight excluding hydrogens is 1740 g/mol. The van der Waals surface area contributed by atoms with E-state index in [4.69, 9.17) is 57.8 Å². The van der Waals surface area contributed by atoms with Crippen LogP contribution in [0.2, 0.25) is 0 Å². The van der Waals surface area contributed by atoms with Crippen LogP contribution in [-0.2, 0) is 49.4 Å². The highest BCUT2D eigenvalue weighted by Gasteiger charge is 2.28. The van der Waals surface area contributed by atoms with Crippen molar-refractivity contribution in [3.63, 3.8) is 0 Å². The molecule has 3 unspecified atom stereocenters. The average molecular weight is 1850 g/mol. The highest BCUT2D eigenvalue weighted by Crippen LogP contribution is 2.43. The number of Topliss-reactive ketones (excluding diaryl/α,β-unsaturated/α-hetero) is 1. The number of ketones is 1. The molecule has 0 aliphatic carbocycles. The van der Waals surface area contributed by atoms with E-state index in [1.54, 1.807) is 150 Å². The molecule has 0 saturated heterocycles. The highest BCUT2D eigenvalue weighted by molar-refractivity contribution is 7.57. The van der Waals surface area contributed by atoms with Gasteiger partial charge in [0.25, 0.3) is 0 Å². The van der Waals surface area contributed by atoms with Crippen molar-refractivity contribution in [2.24, 2.45) is 35.2 Å². The quantitative estimate of drug-likeness (QED) is 0.0325. The summed E-state index contributed by atoms with van der Waals surface area (Å²) < 4.78 is 64.7. The molecule has 35 heteroatoms. The molecule has 0 spiro atoms. The summed E-state index contributed by atoms with van der Waals surface area (Å²) in [5.74, 6) is 11.7. The summed E-state index contributed by atoms with van der Waals surface area (Å²) in [6.45, 7) is 11.3. The van der Waals surface area contributed by atoms with Crippen molar-refractivity contribution >= 4 is 109 Å². The first-order chi connectivity index (χ1) is 65.4. The molecule has 8 aromatic carbocycles. The average Bonchev–Trinajstić information content (AvgIpc) is 0.898. The summed E-state index contributed by atoms with van der Waals surface area (Å²) in [5, 5.41) is 19.9. The molecule has 9 heterocycles. The van der Waals surface area contributed by atoms with Crippen molar-refractivity contribution in [2.75, 3.05) is 102 Å². The molecular formula is C101H107N22O12P. The number of aryl methyl sites for hydroxylation is 5. The number of aromatic nitrogens is 17. The van der Waals surface area contributed by atoms with E-state index < -0.39 is 19.5 Å². The number of amides is 1. The van der Waals surface area contributed by atoms with Gasteiger partial charge in [-0.25, -0.2) is 19.9 Å². The lowest BCUT2D eigenvalue weighted by atomic mass is 10.1. The van der Waals surface area contributed by atoms with Crippen molar-refractivity contribution in [3.05, 3.63) is 244 Å². The molecule has 0 aliphatic rings. The zero-order chi connectivity index (χ0) is 96.6. The smallest absolute Gasteiger partial charge is 0.242 e. The van der Waals surface area contributed by atoms with E-state index >= 15 is 0 Å². The third-order valence-corrected chi connectivity index (χ3v) is 23.1. The number of ether oxygens (including phenoxy) is 8. The molecule has 0 saturated carbocycles. The van der Waals surface area contributed by atoms with Crippen molar-refractivity contribution in [3.8, 4) is 103 Å². The molecule has 34 nitrogen and oxygen atoms in total. The van der Waals surface area contributed by atoms with Crippen LogP contribution in [0.1, 0.15) is 40.2 Å². The molecule has 3 atom stereocenters. The number of nitrogens with one attached hydrogen (secondary N) is 1. The van der Waals surface area contributed by atoms with Gasteiger partial charge in [0, 0.05) is 244 Å². The van der Waals surface area contributed by atoms with Gasteiger partial charge in [0.1, 0.15) is 52.0 Å². The minimum atomic E-state index is -3.23. The topological polar surface area (TPSA) is 350 Å². The Kier molecular flexibility index (Phi) is 30.3. The van der Waals surface area contributed by atoms with Crippen LogP contribution in [0.4, 0.5) is 45.5 Å². The second-order valence-corrected chi connectivity index (χ2v) is 34.9. The van der Waals surface area contributed by atoms with Crippen molar-refractivity contribution in [1.82, 2.24) is 88.9 Å². The lowest BCUT2D eigenvalue weighted by Crippen LogP contribution is -2.45. The number of carbonyl (C=O) groups is 2. The fraction of sp³-hybridized carbons (Fsp3) is 0.248. The fourth-order valence-electron chi connectivity index (χ4n) is 14.9. The van der Waals surface area contributed by atoms with Gasteiger partial charge in [0.2, 0.25) is 5.91 Å². The van der Waals surface area contributed by atoms with Gasteiger partial charge in [0.15, 0.2) is 13.2 Å². The third kappa shape index (κ3) is 23.6. The maximum absolute atomic E-state index is 13.1. The Bertz CT molecular complexity index is 7170. The number of methoxy groups -OCH3 is 8. The van der Waals surface area contributed by atoms with Gasteiger partial charge >= 0.3 is 0 Å². The minimum absolute atomic E-state index is 0.0103. The Hall–Kier alpha value is -16.3. The molecule has 0 aliphatic heterocycles. The fourth-order valence-corrected chi connectivity index (χ4v) is 15.5. The Morgan fingerprint density at radius 1 is 0.390 bits per heavy atom. The Morgan fingerprint density at radius 2 is 0.699 bits per heavy atom. The molecule has 698 valence electrons. The maximum atomic E-state index is 13.1. The summed E-state index contributed by atoms with van der Waals surface area (Å²) in [7, 11) is 19.1. The van der Waals surface area contributed by atoms with Crippen LogP contribution in [0.25, 0.3) is 89.2 Å². The normalized spacial score (nSPS) is 11.9. The van der Waals surface area contributed by atoms with Crippen LogP contribution >= 0.6 is 7.37 Å². The Morgan fingerprint density at radius 3 is 0.993 bits per heavy atom. The van der Waals surface area contributed by atoms with Gasteiger partial charge in [-0.15, -0.1) is 0 Å². The molecule has 1 amide bonds. The van der Waals surface area contributed by atoms with Crippen molar-refractivity contribution < 1.29 is 56.9 Å². The number of carbonyl (C=O) groups excluding carboxylic acids is 2. The molecule has 0 fully saturated rings. The van der Waals surface area contributed by atoms with Crippen LogP contribution in [0.15, 0.2) is 238 Å². The number of hydrogen-bond donors (Lipinski definition) is 2. The standard InChI is InChI=1S/C28H26N6O2.C26H30N6O3.C24H25N5O3.C23H26N5O4P/c1-32-11-9-20(18-32)6-5-10-34(23-12-24(35-3)15-25(13-23)36-4)22-7-8-26-27(14-22)31-28(17-29-26)21-16-30-33(2)19-21;1-16(2)29-26(33)17(3)32(20-9-21(34-5)12-22(10-20)35-6)19-7-8-23-24(11-19)30-25(14-27-23)18-13-28-31(4)15-18;1-15(16(2)30)29(19-8-20(31-4)11-21(9-19)32-5)18-6-7-22-23(10-18)27-24(13-25-22)17-12-26-28(3)14-17;1-27-15-16(13-25-27)23-14-24-21-6-5-17(11-22(21)26-23)28(7-8-33(4,29)30)18-9-19(31-2)12-20(10-18)32-3/h7-9,11-19H,10H2,1-4H3;7-17H,1-6H3,(H,29,33);6-15H,1-5H3;5-6,9-15H,7-8H2,1-4H3,(H,29,30). The van der Waals surface area contributed by atoms with Gasteiger partial charge in [-0.2, -0.15) is 20.4 Å². The first-order valence-corrected chi connectivity index (χ1v) is 45.6.